The lowest BCUT2D eigenvalue weighted by Gasteiger charge is -2.31. The van der Waals surface area contributed by atoms with Gasteiger partial charge in [0.25, 0.3) is 0 Å². The third-order valence-corrected chi connectivity index (χ3v) is 8.99. The molecule has 0 radical (unpaired) electrons. The Kier molecular flexibility index (Phi) is 37.0. The van der Waals surface area contributed by atoms with Crippen molar-refractivity contribution in [3.63, 3.8) is 0 Å². The molecule has 8 heteroatoms. The summed E-state index contributed by atoms with van der Waals surface area (Å²) in [6, 6.07) is 8.59. The molecule has 0 fully saturated rings. The van der Waals surface area contributed by atoms with Crippen molar-refractivity contribution in [1.82, 2.24) is 14.9 Å². The molecule has 1 aliphatic rings. The van der Waals surface area contributed by atoms with Gasteiger partial charge in [-0.25, -0.2) is 9.98 Å². The fourth-order valence-electron chi connectivity index (χ4n) is 6.09. The lowest BCUT2D eigenvalue weighted by Crippen LogP contribution is -2.40. The molecule has 0 saturated carbocycles. The Morgan fingerprint density at radius 1 is 0.918 bits per heavy atom. The fourth-order valence-corrected chi connectivity index (χ4v) is 6.09. The van der Waals surface area contributed by atoms with Crippen molar-refractivity contribution in [1.29, 1.82) is 0 Å². The first kappa shape index (κ1) is 58.6. The van der Waals surface area contributed by atoms with Crippen LogP contribution in [0.2, 0.25) is 0 Å². The van der Waals surface area contributed by atoms with Crippen LogP contribution >= 0.6 is 0 Å². The molecule has 1 aromatic heterocycles. The lowest BCUT2D eigenvalue weighted by atomic mass is 9.99. The van der Waals surface area contributed by atoms with Gasteiger partial charge < -0.3 is 15.0 Å². The van der Waals surface area contributed by atoms with Crippen LogP contribution in [0.4, 0.5) is 5.69 Å². The van der Waals surface area contributed by atoms with E-state index in [9.17, 15) is 4.79 Å². The molecule has 0 spiro atoms. The second-order valence-electron chi connectivity index (χ2n) is 14.6. The Hall–Kier alpha value is -4.46. The number of aromatic nitrogens is 1. The molecule has 344 valence electrons. The van der Waals surface area contributed by atoms with Crippen molar-refractivity contribution in [2.24, 2.45) is 10.1 Å². The highest BCUT2D eigenvalue weighted by atomic mass is 16.5. The van der Waals surface area contributed by atoms with Gasteiger partial charge >= 0.3 is 0 Å². The number of amidine groups is 1. The number of nitrogens with one attached hydrogen (secondary N) is 1. The second-order valence-corrected chi connectivity index (χ2v) is 14.6. The van der Waals surface area contributed by atoms with Crippen molar-refractivity contribution < 1.29 is 9.53 Å². The maximum absolute atomic E-state index is 13.1. The van der Waals surface area contributed by atoms with Crippen LogP contribution in [0.25, 0.3) is 0 Å². The number of hydrazone groups is 1. The molecule has 1 aromatic carbocycles. The molecular formula is C53H90N6O2. The van der Waals surface area contributed by atoms with Crippen LogP contribution in [0.15, 0.2) is 82.9 Å². The van der Waals surface area contributed by atoms with Gasteiger partial charge in [0.05, 0.1) is 6.54 Å². The quantitative estimate of drug-likeness (QED) is 0.0621. The monoisotopic (exact) mass is 843 g/mol. The van der Waals surface area contributed by atoms with Crippen LogP contribution in [0, 0.1) is 20.8 Å². The lowest BCUT2D eigenvalue weighted by molar-refractivity contribution is -0.128. The topological polar surface area (TPSA) is 82.4 Å². The van der Waals surface area contributed by atoms with Crippen LogP contribution in [-0.2, 0) is 11.2 Å². The van der Waals surface area contributed by atoms with E-state index >= 15 is 0 Å². The number of carbonyl (C=O) groups excluding carboxylic acids is 1. The summed E-state index contributed by atoms with van der Waals surface area (Å²) in [6.45, 7) is 34.8. The number of benzene rings is 1. The Bertz CT molecular complexity index is 1620. The smallest absolute Gasteiger partial charge is 0.246 e. The highest BCUT2D eigenvalue weighted by molar-refractivity contribution is 6.08. The summed E-state index contributed by atoms with van der Waals surface area (Å²) >= 11 is 0. The van der Waals surface area contributed by atoms with E-state index in [-0.39, 0.29) is 11.9 Å². The number of nitrogens with zero attached hydrogens (tertiary/aromatic N) is 5. The first-order chi connectivity index (χ1) is 29.6. The van der Waals surface area contributed by atoms with Crippen molar-refractivity contribution >= 4 is 23.6 Å². The van der Waals surface area contributed by atoms with E-state index in [0.29, 0.717) is 12.4 Å². The molecule has 1 atom stereocenters. The standard InChI is InChI=1S/C43H62N6O2.2C3H8.2C2H6/c1-9-14-17-27-44-43(47-37-23-24-40(33(6)32-37)51-39-25-29-48(30-26-39)45-13-5)42-34(7)31-36(35(8)46-42)20-19-21-38(12-4)49(28-18-15-10-2)41(50)22-16-11-3;2*1-3-2;2*1-2/h13,16-17,22-27,29,31-32,38H,9-12,14-15,18-21,28,30H2,1-8H3,(H,44,47);2*3H2,1-2H3;2*1-2H3/b22-16+,27-17+,45-13-;;;;. The minimum absolute atomic E-state index is 0.149. The number of allylic oxidation sites excluding steroid dienone is 3. The predicted octanol–water partition coefficient (Wildman–Crippen LogP) is 15.2. The Balaban J connectivity index is 0. The summed E-state index contributed by atoms with van der Waals surface area (Å²) < 4.78 is 6.20. The van der Waals surface area contributed by atoms with Gasteiger partial charge in [0.15, 0.2) is 5.84 Å². The number of hydrogen-bond acceptors (Lipinski definition) is 6. The number of aryl methyl sites for hydroxylation is 4. The number of anilines is 1. The zero-order valence-electron chi connectivity index (χ0n) is 42.0. The molecule has 1 amide bonds. The molecule has 0 saturated heterocycles. The van der Waals surface area contributed by atoms with Gasteiger partial charge in [-0.1, -0.05) is 133 Å². The number of aliphatic imine (C=N–C) groups is 1. The number of hydrogen-bond donors (Lipinski definition) is 1. The molecule has 1 N–H and O–H groups in total. The summed E-state index contributed by atoms with van der Waals surface area (Å²) in [5.41, 5.74) is 6.10. The van der Waals surface area contributed by atoms with Gasteiger partial charge in [-0.2, -0.15) is 5.10 Å². The van der Waals surface area contributed by atoms with E-state index in [1.165, 1.54) is 18.4 Å². The largest absolute Gasteiger partial charge is 0.457 e. The third-order valence-electron chi connectivity index (χ3n) is 8.99. The molecule has 0 bridgehead atoms. The van der Waals surface area contributed by atoms with E-state index in [2.05, 4.69) is 103 Å². The normalized spacial score (nSPS) is 12.6. The number of ether oxygens (including phenoxy) is 1. The third kappa shape index (κ3) is 24.5. The molecule has 1 unspecified atom stereocenters. The summed E-state index contributed by atoms with van der Waals surface area (Å²) in [5.74, 6) is 2.46. The predicted molar refractivity (Wildman–Crippen MR) is 270 cm³/mol. The average molecular weight is 843 g/mol. The number of rotatable bonds is 20. The van der Waals surface area contributed by atoms with E-state index < -0.39 is 0 Å². The summed E-state index contributed by atoms with van der Waals surface area (Å²) in [4.78, 5) is 25.2. The van der Waals surface area contributed by atoms with E-state index in [1.54, 1.807) is 12.3 Å². The highest BCUT2D eigenvalue weighted by Gasteiger charge is 2.21. The molecule has 61 heavy (non-hydrogen) atoms. The molecule has 8 nitrogen and oxygen atoms in total. The van der Waals surface area contributed by atoms with Gasteiger partial charge in [-0.05, 0) is 126 Å². The van der Waals surface area contributed by atoms with Crippen LogP contribution in [-0.4, -0.2) is 52.0 Å². The molecule has 2 heterocycles. The maximum atomic E-state index is 13.1. The van der Waals surface area contributed by atoms with Gasteiger partial charge in [0, 0.05) is 42.6 Å². The van der Waals surface area contributed by atoms with Crippen LogP contribution in [0.3, 0.4) is 0 Å². The van der Waals surface area contributed by atoms with Crippen LogP contribution in [0.1, 0.15) is 189 Å². The van der Waals surface area contributed by atoms with Crippen LogP contribution in [0.5, 0.6) is 5.75 Å². The molecule has 3 rings (SSSR count). The fraction of sp³-hybridized carbons (Fsp3) is 0.585. The minimum atomic E-state index is 0.149. The number of unbranched alkanes of at least 4 members (excludes halogenated alkanes) is 3. The number of carbonyl (C=O) groups is 1. The van der Waals surface area contributed by atoms with E-state index in [4.69, 9.17) is 14.7 Å². The second kappa shape index (κ2) is 38.5. The van der Waals surface area contributed by atoms with Gasteiger partial charge in [-0.3, -0.25) is 9.80 Å². The van der Waals surface area contributed by atoms with Gasteiger partial charge in [-0.15, -0.1) is 0 Å². The van der Waals surface area contributed by atoms with Crippen LogP contribution < -0.4 is 10.1 Å². The Morgan fingerprint density at radius 2 is 1.61 bits per heavy atom. The summed E-state index contributed by atoms with van der Waals surface area (Å²) in [7, 11) is 0. The van der Waals surface area contributed by atoms with Crippen molar-refractivity contribution in [3.05, 3.63) is 101 Å². The van der Waals surface area contributed by atoms with Gasteiger partial charge in [0.1, 0.15) is 17.2 Å². The SMILES string of the molecule is C/C=N\N1C=CC(Oc2ccc(NC(=N/C=C/CCC)c3nc(C)c(CCCC(CC)N(CCCCC)C(=O)/C=C/CC)cc3C)cc2C)=CC1.CC.CC.CCC.CCC. The number of amides is 1. The number of pyridine rings is 1. The summed E-state index contributed by atoms with van der Waals surface area (Å²) in [6.07, 6.45) is 27.9. The Morgan fingerprint density at radius 3 is 2.16 bits per heavy atom. The van der Waals surface area contributed by atoms with E-state index in [1.807, 2.05) is 89.3 Å². The van der Waals surface area contributed by atoms with Gasteiger partial charge in [0.2, 0.25) is 5.91 Å². The molecule has 0 aliphatic carbocycles. The molecule has 1 aliphatic heterocycles. The molecular weight excluding hydrogens is 753 g/mol. The van der Waals surface area contributed by atoms with Crippen molar-refractivity contribution in [2.75, 3.05) is 18.4 Å². The van der Waals surface area contributed by atoms with E-state index in [0.717, 1.165) is 110 Å². The first-order valence-corrected chi connectivity index (χ1v) is 23.9. The Labute approximate surface area is 375 Å². The first-order valence-electron chi connectivity index (χ1n) is 23.9. The molecule has 2 aromatic rings. The zero-order valence-corrected chi connectivity index (χ0v) is 42.0. The zero-order chi connectivity index (χ0) is 46.4. The average Bonchev–Trinajstić information content (AvgIpc) is 3.26. The summed E-state index contributed by atoms with van der Waals surface area (Å²) in [5, 5.41) is 9.70. The van der Waals surface area contributed by atoms with Crippen molar-refractivity contribution in [3.8, 4) is 5.75 Å². The minimum Gasteiger partial charge on any atom is -0.457 e. The highest BCUT2D eigenvalue weighted by Crippen LogP contribution is 2.26. The van der Waals surface area contributed by atoms with Crippen molar-refractivity contribution in [2.45, 2.75) is 194 Å². The maximum Gasteiger partial charge on any atom is 0.246 e.